The van der Waals surface area contributed by atoms with Crippen molar-refractivity contribution in [2.24, 2.45) is 0 Å². The number of carbonyl (C=O) groups excluding carboxylic acids is 4. The highest BCUT2D eigenvalue weighted by molar-refractivity contribution is 6.11. The number of urea groups is 1. The summed E-state index contributed by atoms with van der Waals surface area (Å²) in [5.41, 5.74) is 0.386. The highest BCUT2D eigenvalue weighted by Gasteiger charge is 2.49. The minimum Gasteiger partial charge on any atom is -0.497 e. The molecule has 1 N–H and O–H groups in total. The zero-order valence-electron chi connectivity index (χ0n) is 17.4. The van der Waals surface area contributed by atoms with Crippen LogP contribution in [-0.2, 0) is 15.1 Å². The largest absolute Gasteiger partial charge is 0.497 e. The molecule has 0 aliphatic carbocycles. The molecular weight excluding hydrogens is 398 g/mol. The van der Waals surface area contributed by atoms with Crippen molar-refractivity contribution >= 4 is 29.3 Å². The van der Waals surface area contributed by atoms with E-state index in [1.165, 1.54) is 7.11 Å². The summed E-state index contributed by atoms with van der Waals surface area (Å²) in [6, 6.07) is 12.9. The number of nitrogens with one attached hydrogen (secondary N) is 1. The molecule has 0 spiro atoms. The lowest BCUT2D eigenvalue weighted by atomic mass is 9.92. The molecule has 2 aromatic rings. The van der Waals surface area contributed by atoms with E-state index < -0.39 is 17.5 Å². The first kappa shape index (κ1) is 20.6. The van der Waals surface area contributed by atoms with Crippen LogP contribution in [0.3, 0.4) is 0 Å². The summed E-state index contributed by atoms with van der Waals surface area (Å²) in [4.78, 5) is 52.9. The number of anilines is 1. The molecule has 0 aromatic heterocycles. The fourth-order valence-electron chi connectivity index (χ4n) is 3.95. The van der Waals surface area contributed by atoms with E-state index in [4.69, 9.17) is 4.74 Å². The average Bonchev–Trinajstić information content (AvgIpc) is 3.30. The second kappa shape index (κ2) is 7.86. The molecule has 2 aromatic carbocycles. The number of nitrogens with zero attached hydrogens (tertiary/aromatic N) is 2. The van der Waals surface area contributed by atoms with Crippen LogP contribution < -0.4 is 15.0 Å². The van der Waals surface area contributed by atoms with Crippen LogP contribution >= 0.6 is 0 Å². The first-order valence-corrected chi connectivity index (χ1v) is 10.1. The molecule has 4 amide bonds. The molecule has 2 fully saturated rings. The van der Waals surface area contributed by atoms with Gasteiger partial charge in [0.15, 0.2) is 5.78 Å². The Labute approximate surface area is 179 Å². The van der Waals surface area contributed by atoms with Gasteiger partial charge in [-0.25, -0.2) is 4.79 Å². The Kier molecular flexibility index (Phi) is 5.22. The zero-order valence-corrected chi connectivity index (χ0v) is 17.4. The fourth-order valence-corrected chi connectivity index (χ4v) is 3.95. The zero-order chi connectivity index (χ0) is 22.2. The monoisotopic (exact) mass is 421 g/mol. The molecule has 1 atom stereocenters. The van der Waals surface area contributed by atoms with Crippen molar-refractivity contribution in [2.45, 2.75) is 25.3 Å². The van der Waals surface area contributed by atoms with Gasteiger partial charge in [-0.05, 0) is 55.3 Å². The van der Waals surface area contributed by atoms with E-state index in [9.17, 15) is 19.2 Å². The summed E-state index contributed by atoms with van der Waals surface area (Å²) in [5.74, 6) is -0.238. The molecule has 31 heavy (non-hydrogen) atoms. The van der Waals surface area contributed by atoms with E-state index in [2.05, 4.69) is 5.32 Å². The number of Topliss-reactive ketones (excluding diaryl/α,β-unsaturated/α-hetero) is 1. The SMILES string of the molecule is COc1cccc([C@@]2(C)NC(=O)N(CC(=O)c3ccc(N4CCCC4=O)cc3)C2=O)c1. The molecule has 0 bridgehead atoms. The molecule has 8 heteroatoms. The van der Waals surface area contributed by atoms with Gasteiger partial charge in [0.1, 0.15) is 11.3 Å². The van der Waals surface area contributed by atoms with Crippen molar-refractivity contribution < 1.29 is 23.9 Å². The first-order valence-electron chi connectivity index (χ1n) is 10.1. The maximum Gasteiger partial charge on any atom is 0.325 e. The molecule has 0 radical (unpaired) electrons. The summed E-state index contributed by atoms with van der Waals surface area (Å²) in [6.45, 7) is 1.90. The minimum absolute atomic E-state index is 0.0650. The third kappa shape index (κ3) is 3.65. The number of methoxy groups -OCH3 is 1. The van der Waals surface area contributed by atoms with E-state index in [-0.39, 0.29) is 18.2 Å². The first-order chi connectivity index (χ1) is 14.8. The number of hydrogen-bond acceptors (Lipinski definition) is 5. The Bertz CT molecular complexity index is 1070. The average molecular weight is 421 g/mol. The molecule has 2 saturated heterocycles. The van der Waals surface area contributed by atoms with Crippen LogP contribution in [0.5, 0.6) is 5.75 Å². The fraction of sp³-hybridized carbons (Fsp3) is 0.304. The molecule has 4 rings (SSSR count). The standard InChI is InChI=1S/C23H23N3O5/c1-23(16-5-3-6-18(13-16)31-2)21(29)26(22(30)24-23)14-19(27)15-8-10-17(11-9-15)25-12-4-7-20(25)28/h3,5-6,8-11,13H,4,7,12,14H2,1-2H3,(H,24,30)/t23-/m1/s1. The van der Waals surface area contributed by atoms with Gasteiger partial charge in [-0.2, -0.15) is 0 Å². The Morgan fingerprint density at radius 3 is 2.52 bits per heavy atom. The highest BCUT2D eigenvalue weighted by Crippen LogP contribution is 2.31. The summed E-state index contributed by atoms with van der Waals surface area (Å²) in [5, 5.41) is 2.69. The number of ether oxygens (including phenoxy) is 1. The van der Waals surface area contributed by atoms with E-state index >= 15 is 0 Å². The van der Waals surface area contributed by atoms with Gasteiger partial charge in [-0.1, -0.05) is 12.1 Å². The van der Waals surface area contributed by atoms with E-state index in [1.807, 2.05) is 0 Å². The predicted octanol–water partition coefficient (Wildman–Crippen LogP) is 2.47. The van der Waals surface area contributed by atoms with Crippen LogP contribution in [0.1, 0.15) is 35.7 Å². The van der Waals surface area contributed by atoms with Crippen molar-refractivity contribution in [1.82, 2.24) is 10.2 Å². The van der Waals surface area contributed by atoms with Crippen LogP contribution in [0, 0.1) is 0 Å². The minimum atomic E-state index is -1.29. The van der Waals surface area contributed by atoms with E-state index in [0.717, 1.165) is 17.0 Å². The molecule has 2 aliphatic rings. The molecule has 160 valence electrons. The summed E-state index contributed by atoms with van der Waals surface area (Å²) >= 11 is 0. The number of imide groups is 1. The van der Waals surface area contributed by atoms with Crippen LogP contribution in [0.2, 0.25) is 0 Å². The number of hydrogen-bond donors (Lipinski definition) is 1. The van der Waals surface area contributed by atoms with Crippen LogP contribution in [0.25, 0.3) is 0 Å². The quantitative estimate of drug-likeness (QED) is 0.571. The topological polar surface area (TPSA) is 96.0 Å². The lowest BCUT2D eigenvalue weighted by molar-refractivity contribution is -0.130. The molecule has 0 unspecified atom stereocenters. The van der Waals surface area contributed by atoms with Crippen molar-refractivity contribution in [3.8, 4) is 5.75 Å². The highest BCUT2D eigenvalue weighted by atomic mass is 16.5. The van der Waals surface area contributed by atoms with E-state index in [1.54, 1.807) is 60.4 Å². The lowest BCUT2D eigenvalue weighted by Crippen LogP contribution is -2.41. The number of carbonyl (C=O) groups is 4. The van der Waals surface area contributed by atoms with Gasteiger partial charge in [-0.3, -0.25) is 19.3 Å². The Balaban J connectivity index is 1.50. The maximum atomic E-state index is 13.1. The van der Waals surface area contributed by atoms with Crippen LogP contribution in [0.15, 0.2) is 48.5 Å². The summed E-state index contributed by atoms with van der Waals surface area (Å²) in [7, 11) is 1.52. The van der Waals surface area contributed by atoms with Crippen LogP contribution in [-0.4, -0.2) is 48.7 Å². The lowest BCUT2D eigenvalue weighted by Gasteiger charge is -2.22. The number of rotatable bonds is 6. The normalized spacial score (nSPS) is 20.9. The summed E-state index contributed by atoms with van der Waals surface area (Å²) in [6.07, 6.45) is 1.34. The van der Waals surface area contributed by atoms with Gasteiger partial charge >= 0.3 is 6.03 Å². The van der Waals surface area contributed by atoms with Crippen molar-refractivity contribution in [2.75, 3.05) is 25.1 Å². The predicted molar refractivity (Wildman–Crippen MR) is 113 cm³/mol. The molecule has 2 aliphatic heterocycles. The Hall–Kier alpha value is -3.68. The second-order valence-corrected chi connectivity index (χ2v) is 7.80. The van der Waals surface area contributed by atoms with E-state index in [0.29, 0.717) is 29.8 Å². The van der Waals surface area contributed by atoms with Gasteiger partial charge in [0, 0.05) is 24.2 Å². The second-order valence-electron chi connectivity index (χ2n) is 7.80. The maximum absolute atomic E-state index is 13.1. The smallest absolute Gasteiger partial charge is 0.325 e. The van der Waals surface area contributed by atoms with Gasteiger partial charge in [0.05, 0.1) is 13.7 Å². The summed E-state index contributed by atoms with van der Waals surface area (Å²) < 4.78 is 5.21. The number of ketones is 1. The molecule has 0 saturated carbocycles. The third-order valence-corrected chi connectivity index (χ3v) is 5.80. The Morgan fingerprint density at radius 1 is 1.13 bits per heavy atom. The van der Waals surface area contributed by atoms with Gasteiger partial charge in [0.25, 0.3) is 5.91 Å². The molecule has 8 nitrogen and oxygen atoms in total. The van der Waals surface area contributed by atoms with Crippen molar-refractivity contribution in [3.63, 3.8) is 0 Å². The molecular formula is C23H23N3O5. The molecule has 2 heterocycles. The van der Waals surface area contributed by atoms with Gasteiger partial charge < -0.3 is 15.0 Å². The van der Waals surface area contributed by atoms with Gasteiger partial charge in [0.2, 0.25) is 5.91 Å². The third-order valence-electron chi connectivity index (χ3n) is 5.80. The van der Waals surface area contributed by atoms with Gasteiger partial charge in [-0.15, -0.1) is 0 Å². The number of benzene rings is 2. The van der Waals surface area contributed by atoms with Crippen molar-refractivity contribution in [3.05, 3.63) is 59.7 Å². The van der Waals surface area contributed by atoms with Crippen LogP contribution in [0.4, 0.5) is 10.5 Å². The van der Waals surface area contributed by atoms with Crippen molar-refractivity contribution in [1.29, 1.82) is 0 Å². The number of amides is 4. The Morgan fingerprint density at radius 2 is 1.87 bits per heavy atom.